The Kier molecular flexibility index (Phi) is 3.83. The van der Waals surface area contributed by atoms with Gasteiger partial charge in [-0.2, -0.15) is 10.5 Å². The van der Waals surface area contributed by atoms with Gasteiger partial charge in [-0.15, -0.1) is 0 Å². The Balaban J connectivity index is 1.68. The molecule has 24 heavy (non-hydrogen) atoms. The third-order valence-electron chi connectivity index (χ3n) is 5.60. The lowest BCUT2D eigenvalue weighted by molar-refractivity contribution is 0.634. The molecule has 0 amide bonds. The van der Waals surface area contributed by atoms with E-state index in [1.165, 1.54) is 22.3 Å². The summed E-state index contributed by atoms with van der Waals surface area (Å²) in [6.45, 7) is 0. The molecule has 2 nitrogen and oxygen atoms in total. The topological polar surface area (TPSA) is 47.6 Å². The highest BCUT2D eigenvalue weighted by Gasteiger charge is 2.36. The molecule has 1 aromatic carbocycles. The molecule has 0 unspecified atom stereocenters. The highest BCUT2D eigenvalue weighted by molar-refractivity contribution is 5.58. The predicted molar refractivity (Wildman–Crippen MR) is 93.7 cm³/mol. The summed E-state index contributed by atoms with van der Waals surface area (Å²) in [4.78, 5) is 0. The van der Waals surface area contributed by atoms with Crippen molar-refractivity contribution in [1.82, 2.24) is 0 Å². The van der Waals surface area contributed by atoms with Crippen molar-refractivity contribution in [3.05, 3.63) is 69.8 Å². The van der Waals surface area contributed by atoms with E-state index in [4.69, 9.17) is 0 Å². The molecule has 2 atom stereocenters. The van der Waals surface area contributed by atoms with Gasteiger partial charge in [0.1, 0.15) is 0 Å². The lowest BCUT2D eigenvalue weighted by atomic mass is 9.67. The molecule has 0 N–H and O–H groups in total. The lowest BCUT2D eigenvalue weighted by Gasteiger charge is -2.35. The van der Waals surface area contributed by atoms with Gasteiger partial charge in [-0.25, -0.2) is 0 Å². The zero-order chi connectivity index (χ0) is 16.5. The molecule has 0 saturated carbocycles. The van der Waals surface area contributed by atoms with Crippen LogP contribution in [0.5, 0.6) is 0 Å². The minimum atomic E-state index is 0.0496. The Morgan fingerprint density at radius 3 is 1.46 bits per heavy atom. The van der Waals surface area contributed by atoms with Crippen molar-refractivity contribution in [2.24, 2.45) is 11.8 Å². The molecule has 0 saturated heterocycles. The van der Waals surface area contributed by atoms with E-state index in [2.05, 4.69) is 48.6 Å². The zero-order valence-corrected chi connectivity index (χ0v) is 13.8. The van der Waals surface area contributed by atoms with E-state index in [1.54, 1.807) is 0 Å². The van der Waals surface area contributed by atoms with Gasteiger partial charge >= 0.3 is 0 Å². The largest absolute Gasteiger partial charge is 0.193 e. The molecule has 118 valence electrons. The van der Waals surface area contributed by atoms with E-state index in [0.717, 1.165) is 38.5 Å². The van der Waals surface area contributed by atoms with E-state index in [9.17, 15) is 10.5 Å². The molecule has 7 aliphatic rings. The summed E-state index contributed by atoms with van der Waals surface area (Å²) in [6.07, 6.45) is 10.9. The zero-order valence-electron chi connectivity index (χ0n) is 13.8. The first-order chi connectivity index (χ1) is 11.8. The maximum atomic E-state index is 9.56. The third kappa shape index (κ3) is 2.49. The van der Waals surface area contributed by atoms with Crippen LogP contribution in [-0.2, 0) is 12.8 Å². The fraction of sp³-hybridized carbons (Fsp3) is 0.364. The van der Waals surface area contributed by atoms with Crippen molar-refractivity contribution in [3.8, 4) is 12.1 Å². The summed E-state index contributed by atoms with van der Waals surface area (Å²) in [6, 6.07) is 13.7. The van der Waals surface area contributed by atoms with Crippen LogP contribution in [0, 0.1) is 34.5 Å². The number of allylic oxidation sites excluding steroid dienone is 6. The second kappa shape index (κ2) is 6.14. The van der Waals surface area contributed by atoms with Gasteiger partial charge in [0.05, 0.1) is 23.3 Å². The minimum Gasteiger partial charge on any atom is -0.193 e. The van der Waals surface area contributed by atoms with Crippen molar-refractivity contribution in [2.75, 3.05) is 0 Å². The molecule has 6 bridgehead atoms. The highest BCUT2D eigenvalue weighted by Crippen LogP contribution is 2.46. The number of hydrogen-bond acceptors (Lipinski definition) is 2. The van der Waals surface area contributed by atoms with Crippen molar-refractivity contribution < 1.29 is 0 Å². The average molecular weight is 312 g/mol. The predicted octanol–water partition coefficient (Wildman–Crippen LogP) is 4.80. The summed E-state index contributed by atoms with van der Waals surface area (Å²) in [5, 5.41) is 19.1. The molecule has 7 aliphatic carbocycles. The summed E-state index contributed by atoms with van der Waals surface area (Å²) >= 11 is 0. The minimum absolute atomic E-state index is 0.0496. The maximum absolute atomic E-state index is 9.56. The second-order valence-corrected chi connectivity index (χ2v) is 7.01. The van der Waals surface area contributed by atoms with Crippen molar-refractivity contribution in [1.29, 1.82) is 10.5 Å². The van der Waals surface area contributed by atoms with Gasteiger partial charge in [0.2, 0.25) is 0 Å². The molecule has 0 aromatic heterocycles. The van der Waals surface area contributed by atoms with Crippen LogP contribution in [0.25, 0.3) is 0 Å². The monoisotopic (exact) mass is 312 g/mol. The van der Waals surface area contributed by atoms with Crippen LogP contribution in [-0.4, -0.2) is 0 Å². The first kappa shape index (κ1) is 15.0. The molecule has 0 aliphatic heterocycles. The van der Waals surface area contributed by atoms with Crippen LogP contribution in [0.2, 0.25) is 0 Å². The molecular formula is C22H20N2. The Morgan fingerprint density at radius 2 is 1.08 bits per heavy atom. The summed E-state index contributed by atoms with van der Waals surface area (Å²) < 4.78 is 0. The van der Waals surface area contributed by atoms with Gasteiger partial charge in [0, 0.05) is 11.8 Å². The van der Waals surface area contributed by atoms with Crippen LogP contribution < -0.4 is 0 Å². The van der Waals surface area contributed by atoms with Gasteiger partial charge in [0.15, 0.2) is 0 Å². The molecule has 8 rings (SSSR count). The fourth-order valence-corrected chi connectivity index (χ4v) is 4.33. The molecule has 2 heteroatoms. The highest BCUT2D eigenvalue weighted by atomic mass is 14.4. The van der Waals surface area contributed by atoms with Crippen LogP contribution in [0.3, 0.4) is 0 Å². The fourth-order valence-electron chi connectivity index (χ4n) is 4.33. The number of nitrogens with zero attached hydrogens (tertiary/aromatic N) is 2. The van der Waals surface area contributed by atoms with Crippen LogP contribution in [0.1, 0.15) is 36.8 Å². The smallest absolute Gasteiger partial charge is 0.0967 e. The number of hydrogen-bond donors (Lipinski definition) is 0. The molecule has 0 radical (unpaired) electrons. The normalized spacial score (nSPS) is 25.6. The van der Waals surface area contributed by atoms with Gasteiger partial charge in [0.25, 0.3) is 0 Å². The quantitative estimate of drug-likeness (QED) is 0.646. The van der Waals surface area contributed by atoms with Gasteiger partial charge in [-0.05, 0) is 49.7 Å². The second-order valence-electron chi connectivity index (χ2n) is 7.01. The molecule has 0 heterocycles. The number of aryl methyl sites for hydroxylation is 2. The van der Waals surface area contributed by atoms with Crippen LogP contribution in [0.4, 0.5) is 0 Å². The van der Waals surface area contributed by atoms with E-state index < -0.39 is 0 Å². The number of benzene rings is 1. The van der Waals surface area contributed by atoms with E-state index in [1.807, 2.05) is 0 Å². The molecular weight excluding hydrogens is 292 g/mol. The van der Waals surface area contributed by atoms with Gasteiger partial charge < -0.3 is 0 Å². The first-order valence-corrected chi connectivity index (χ1v) is 8.83. The van der Waals surface area contributed by atoms with E-state index in [-0.39, 0.29) is 11.8 Å². The van der Waals surface area contributed by atoms with Crippen molar-refractivity contribution >= 4 is 0 Å². The Hall–Kier alpha value is -2.58. The number of nitriles is 2. The number of rotatable bonds is 0. The van der Waals surface area contributed by atoms with Gasteiger partial charge in [-0.1, -0.05) is 47.6 Å². The standard InChI is InChI=1S/C22H20N2/c23-13-21-19-12-18-6-2-4-16-9-7-15(8-10-16)3-1-5-17(19)11-20(18)22(21)14-24/h7-12,19-20H,1-6H2/t19-,20-/m1/s1. The van der Waals surface area contributed by atoms with Crippen LogP contribution >= 0.6 is 0 Å². The summed E-state index contributed by atoms with van der Waals surface area (Å²) in [5.74, 6) is 0.0991. The lowest BCUT2D eigenvalue weighted by Crippen LogP contribution is -2.25. The van der Waals surface area contributed by atoms with Crippen LogP contribution in [0.15, 0.2) is 58.7 Å². The van der Waals surface area contributed by atoms with Crippen molar-refractivity contribution in [2.45, 2.75) is 38.5 Å². The Bertz CT molecular complexity index is 766. The Labute approximate surface area is 143 Å². The van der Waals surface area contributed by atoms with E-state index in [0.29, 0.717) is 11.1 Å². The average Bonchev–Trinajstić information content (AvgIpc) is 2.62. The molecule has 0 fully saturated rings. The summed E-state index contributed by atoms with van der Waals surface area (Å²) in [5.41, 5.74) is 6.85. The van der Waals surface area contributed by atoms with Crippen molar-refractivity contribution in [3.63, 3.8) is 0 Å². The van der Waals surface area contributed by atoms with E-state index >= 15 is 0 Å². The maximum Gasteiger partial charge on any atom is 0.0967 e. The summed E-state index contributed by atoms with van der Waals surface area (Å²) in [7, 11) is 0. The Morgan fingerprint density at radius 1 is 0.667 bits per heavy atom. The molecule has 0 spiro atoms. The molecule has 1 aromatic rings. The van der Waals surface area contributed by atoms with Gasteiger partial charge in [-0.3, -0.25) is 0 Å². The SMILES string of the molecule is N#CC1=C(C#N)[C@@H]2C=C3CCCc4ccc(cc4)CCCC2=C[C@H]31. The third-order valence-corrected chi connectivity index (χ3v) is 5.60. The first-order valence-electron chi connectivity index (χ1n) is 8.83.